The van der Waals surface area contributed by atoms with Gasteiger partial charge in [-0.05, 0) is 55.2 Å². The van der Waals surface area contributed by atoms with Crippen LogP contribution < -0.4 is 19.7 Å². The molecule has 1 fully saturated rings. The van der Waals surface area contributed by atoms with Gasteiger partial charge >= 0.3 is 0 Å². The van der Waals surface area contributed by atoms with Gasteiger partial charge in [-0.15, -0.1) is 0 Å². The van der Waals surface area contributed by atoms with Crippen molar-refractivity contribution in [2.45, 2.75) is 30.7 Å². The number of carbonyl (C=O) groups is 1. The molecule has 2 aliphatic heterocycles. The minimum Gasteiger partial charge on any atom is -0.454 e. The smallest absolute Gasteiger partial charge is 0.253 e. The van der Waals surface area contributed by atoms with Crippen molar-refractivity contribution >= 4 is 21.6 Å². The van der Waals surface area contributed by atoms with Crippen molar-refractivity contribution < 1.29 is 22.7 Å². The number of ether oxygens (including phenoxy) is 2. The first-order chi connectivity index (χ1) is 14.9. The number of hydrogen-bond acceptors (Lipinski definition) is 6. The standard InChI is InChI=1S/C22H27N3O5S/c1-24(2)31(27,28)17-7-8-19(25-10-4-3-5-11-25)18(13-17)22(26)23-14-16-6-9-20-21(12-16)30-15-29-20/h6-9,12-13H,3-5,10-11,14-15H2,1-2H3,(H,23,26). The lowest BCUT2D eigenvalue weighted by molar-refractivity contribution is 0.0951. The van der Waals surface area contributed by atoms with Gasteiger partial charge in [0.1, 0.15) is 0 Å². The van der Waals surface area contributed by atoms with Gasteiger partial charge in [-0.3, -0.25) is 4.79 Å². The largest absolute Gasteiger partial charge is 0.454 e. The Labute approximate surface area is 182 Å². The zero-order valence-corrected chi connectivity index (χ0v) is 18.6. The molecule has 0 aliphatic carbocycles. The Hall–Kier alpha value is -2.78. The maximum absolute atomic E-state index is 13.2. The van der Waals surface area contributed by atoms with Crippen molar-refractivity contribution in [3.8, 4) is 11.5 Å². The first kappa shape index (κ1) is 21.5. The summed E-state index contributed by atoms with van der Waals surface area (Å²) in [4.78, 5) is 15.4. The summed E-state index contributed by atoms with van der Waals surface area (Å²) in [5.74, 6) is 1.03. The van der Waals surface area contributed by atoms with Crippen LogP contribution in [0.1, 0.15) is 35.2 Å². The van der Waals surface area contributed by atoms with E-state index in [2.05, 4.69) is 10.2 Å². The summed E-state index contributed by atoms with van der Waals surface area (Å²) >= 11 is 0. The van der Waals surface area contributed by atoms with Crippen molar-refractivity contribution in [3.63, 3.8) is 0 Å². The van der Waals surface area contributed by atoms with E-state index < -0.39 is 10.0 Å². The minimum absolute atomic E-state index is 0.103. The molecule has 4 rings (SSSR count). The molecule has 0 aromatic heterocycles. The van der Waals surface area contributed by atoms with Gasteiger partial charge in [0.15, 0.2) is 11.5 Å². The van der Waals surface area contributed by atoms with Crippen molar-refractivity contribution in [1.29, 1.82) is 0 Å². The lowest BCUT2D eigenvalue weighted by Crippen LogP contribution is -2.33. The van der Waals surface area contributed by atoms with Gasteiger partial charge in [-0.25, -0.2) is 12.7 Å². The SMILES string of the molecule is CN(C)S(=O)(=O)c1ccc(N2CCCCC2)c(C(=O)NCc2ccc3c(c2)OCO3)c1. The predicted molar refractivity (Wildman–Crippen MR) is 117 cm³/mol. The Morgan fingerprint density at radius 2 is 1.77 bits per heavy atom. The van der Waals surface area contributed by atoms with Crippen LogP contribution in [0.25, 0.3) is 0 Å². The Balaban J connectivity index is 1.60. The highest BCUT2D eigenvalue weighted by molar-refractivity contribution is 7.89. The van der Waals surface area contributed by atoms with Gasteiger partial charge in [-0.2, -0.15) is 0 Å². The molecule has 0 bridgehead atoms. The molecule has 1 amide bonds. The molecule has 1 N–H and O–H groups in total. The van der Waals surface area contributed by atoms with Crippen molar-refractivity contribution in [1.82, 2.24) is 9.62 Å². The second kappa shape index (κ2) is 8.76. The van der Waals surface area contributed by atoms with Gasteiger partial charge in [-0.1, -0.05) is 6.07 Å². The highest BCUT2D eigenvalue weighted by Gasteiger charge is 2.24. The second-order valence-corrected chi connectivity index (χ2v) is 10.0. The van der Waals surface area contributed by atoms with Gasteiger partial charge in [0, 0.05) is 39.4 Å². The second-order valence-electron chi connectivity index (χ2n) is 7.88. The van der Waals surface area contributed by atoms with E-state index in [9.17, 15) is 13.2 Å². The molecule has 2 aliphatic rings. The van der Waals surface area contributed by atoms with Crippen LogP contribution in [-0.4, -0.2) is 52.6 Å². The molecule has 166 valence electrons. The van der Waals surface area contributed by atoms with Crippen molar-refractivity contribution in [3.05, 3.63) is 47.5 Å². The van der Waals surface area contributed by atoms with Gasteiger partial charge < -0.3 is 19.7 Å². The first-order valence-corrected chi connectivity index (χ1v) is 11.8. The monoisotopic (exact) mass is 445 g/mol. The summed E-state index contributed by atoms with van der Waals surface area (Å²) in [7, 11) is -0.691. The van der Waals surface area contributed by atoms with E-state index >= 15 is 0 Å². The number of fused-ring (bicyclic) bond motifs is 1. The third kappa shape index (κ3) is 4.47. The molecule has 0 atom stereocenters. The Bertz CT molecular complexity index is 1080. The quantitative estimate of drug-likeness (QED) is 0.735. The molecule has 0 saturated carbocycles. The van der Waals surface area contributed by atoms with E-state index in [1.165, 1.54) is 20.2 Å². The number of hydrogen-bond donors (Lipinski definition) is 1. The van der Waals surface area contributed by atoms with Gasteiger partial charge in [0.25, 0.3) is 5.91 Å². The fourth-order valence-corrected chi connectivity index (χ4v) is 4.74. The number of sulfonamides is 1. The Morgan fingerprint density at radius 3 is 2.52 bits per heavy atom. The van der Waals surface area contributed by atoms with E-state index in [4.69, 9.17) is 9.47 Å². The van der Waals surface area contributed by atoms with Crippen LogP contribution in [0.4, 0.5) is 5.69 Å². The van der Waals surface area contributed by atoms with Gasteiger partial charge in [0.05, 0.1) is 10.5 Å². The lowest BCUT2D eigenvalue weighted by atomic mass is 10.1. The minimum atomic E-state index is -3.65. The molecular formula is C22H27N3O5S. The highest BCUT2D eigenvalue weighted by Crippen LogP contribution is 2.32. The Kier molecular flexibility index (Phi) is 6.06. The molecular weight excluding hydrogens is 418 g/mol. The third-order valence-electron chi connectivity index (χ3n) is 5.58. The molecule has 9 heteroatoms. The molecule has 0 radical (unpaired) electrons. The van der Waals surface area contributed by atoms with Crippen LogP contribution in [-0.2, 0) is 16.6 Å². The molecule has 2 aromatic carbocycles. The third-order valence-corrected chi connectivity index (χ3v) is 7.39. The van der Waals surface area contributed by atoms with E-state index in [1.54, 1.807) is 12.1 Å². The predicted octanol–water partition coefficient (Wildman–Crippen LogP) is 2.59. The maximum atomic E-state index is 13.2. The molecule has 0 unspecified atom stereocenters. The van der Waals surface area contributed by atoms with E-state index in [0.29, 0.717) is 23.6 Å². The summed E-state index contributed by atoms with van der Waals surface area (Å²) in [6, 6.07) is 10.3. The molecule has 0 spiro atoms. The van der Waals surface area contributed by atoms with Gasteiger partial charge in [0.2, 0.25) is 16.8 Å². The van der Waals surface area contributed by atoms with Crippen molar-refractivity contribution in [2.24, 2.45) is 0 Å². The number of anilines is 1. The zero-order chi connectivity index (χ0) is 22.0. The van der Waals surface area contributed by atoms with Crippen LogP contribution in [0.2, 0.25) is 0 Å². The number of nitrogens with one attached hydrogen (secondary N) is 1. The van der Waals surface area contributed by atoms with Crippen LogP contribution >= 0.6 is 0 Å². The summed E-state index contributed by atoms with van der Waals surface area (Å²) in [5, 5.41) is 2.92. The average Bonchev–Trinajstić information content (AvgIpc) is 3.25. The zero-order valence-electron chi connectivity index (χ0n) is 17.8. The normalized spacial score (nSPS) is 15.9. The molecule has 8 nitrogen and oxygen atoms in total. The van der Waals surface area contributed by atoms with Crippen LogP contribution in [0.5, 0.6) is 11.5 Å². The summed E-state index contributed by atoms with van der Waals surface area (Å²) in [6.45, 7) is 2.18. The van der Waals surface area contributed by atoms with E-state index in [-0.39, 0.29) is 17.6 Å². The number of benzene rings is 2. The van der Waals surface area contributed by atoms with E-state index in [1.807, 2.05) is 18.2 Å². The topological polar surface area (TPSA) is 88.2 Å². The van der Waals surface area contributed by atoms with Crippen LogP contribution in [0, 0.1) is 0 Å². The maximum Gasteiger partial charge on any atom is 0.253 e. The molecule has 1 saturated heterocycles. The summed E-state index contributed by atoms with van der Waals surface area (Å²) in [6.07, 6.45) is 3.27. The fourth-order valence-electron chi connectivity index (χ4n) is 3.81. The Morgan fingerprint density at radius 1 is 1.03 bits per heavy atom. The fraction of sp³-hybridized carbons (Fsp3) is 0.409. The number of amides is 1. The number of nitrogens with zero attached hydrogens (tertiary/aromatic N) is 2. The average molecular weight is 446 g/mol. The summed E-state index contributed by atoms with van der Waals surface area (Å²) in [5.41, 5.74) is 2.00. The number of rotatable bonds is 6. The number of piperidine rings is 1. The van der Waals surface area contributed by atoms with Crippen LogP contribution in [0.3, 0.4) is 0 Å². The van der Waals surface area contributed by atoms with E-state index in [0.717, 1.165) is 47.9 Å². The molecule has 31 heavy (non-hydrogen) atoms. The summed E-state index contributed by atoms with van der Waals surface area (Å²) < 4.78 is 37.1. The van der Waals surface area contributed by atoms with Crippen molar-refractivity contribution in [2.75, 3.05) is 38.9 Å². The number of carbonyl (C=O) groups excluding carboxylic acids is 1. The lowest BCUT2D eigenvalue weighted by Gasteiger charge is -2.30. The molecule has 2 heterocycles. The molecule has 2 aromatic rings. The highest BCUT2D eigenvalue weighted by atomic mass is 32.2. The first-order valence-electron chi connectivity index (χ1n) is 10.3. The van der Waals surface area contributed by atoms with Crippen LogP contribution in [0.15, 0.2) is 41.3 Å².